The van der Waals surface area contributed by atoms with E-state index < -0.39 is 12.1 Å². The van der Waals surface area contributed by atoms with Crippen LogP contribution in [0, 0.1) is 0 Å². The van der Waals surface area contributed by atoms with Crippen LogP contribution in [0.4, 0.5) is 0 Å². The summed E-state index contributed by atoms with van der Waals surface area (Å²) in [5, 5.41) is 13.0. The average Bonchev–Trinajstić information content (AvgIpc) is 3.10. The highest BCUT2D eigenvalue weighted by atomic mass is 16.5. The van der Waals surface area contributed by atoms with Crippen LogP contribution in [0.1, 0.15) is 18.3 Å². The van der Waals surface area contributed by atoms with Crippen molar-refractivity contribution in [3.05, 3.63) is 35.9 Å². The van der Waals surface area contributed by atoms with E-state index in [1.54, 1.807) is 16.8 Å². The molecule has 7 nitrogen and oxygen atoms in total. The Morgan fingerprint density at radius 3 is 3.19 bits per heavy atom. The molecule has 1 aromatic carbocycles. The van der Waals surface area contributed by atoms with Crippen molar-refractivity contribution in [2.75, 3.05) is 0 Å². The van der Waals surface area contributed by atoms with Crippen molar-refractivity contribution in [2.45, 2.75) is 32.6 Å². The monoisotopic (exact) mass is 289 g/mol. The first-order valence-electron chi connectivity index (χ1n) is 6.69. The highest BCUT2D eigenvalue weighted by Gasteiger charge is 2.28. The number of carbonyl (C=O) groups is 1. The molecule has 1 aliphatic rings. The normalized spacial score (nSPS) is 16.3. The summed E-state index contributed by atoms with van der Waals surface area (Å²) in [5.41, 5.74) is 0.881. The molecule has 21 heavy (non-hydrogen) atoms. The van der Waals surface area contributed by atoms with Gasteiger partial charge in [-0.3, -0.25) is 0 Å². The molecule has 1 aromatic heterocycles. The van der Waals surface area contributed by atoms with Crippen molar-refractivity contribution in [1.29, 1.82) is 0 Å². The molecule has 1 unspecified atom stereocenters. The van der Waals surface area contributed by atoms with Gasteiger partial charge in [-0.25, -0.2) is 14.5 Å². The number of carboxylic acids is 1. The lowest BCUT2D eigenvalue weighted by Gasteiger charge is -2.08. The number of nitrogens with zero attached hydrogens (tertiary/aromatic N) is 3. The Labute approximate surface area is 121 Å². The number of aromatic nitrogens is 3. The van der Waals surface area contributed by atoms with Crippen molar-refractivity contribution in [3.8, 4) is 11.5 Å². The van der Waals surface area contributed by atoms with Gasteiger partial charge in [0.15, 0.2) is 11.9 Å². The highest BCUT2D eigenvalue weighted by Crippen LogP contribution is 2.32. The van der Waals surface area contributed by atoms with Gasteiger partial charge >= 0.3 is 5.97 Å². The largest absolute Gasteiger partial charge is 0.485 e. The van der Waals surface area contributed by atoms with Gasteiger partial charge in [0.05, 0.1) is 0 Å². The molecule has 0 fully saturated rings. The summed E-state index contributed by atoms with van der Waals surface area (Å²) in [6.07, 6.45) is 1.07. The average molecular weight is 289 g/mol. The molecule has 110 valence electrons. The molecular weight excluding hydrogens is 274 g/mol. The summed E-state index contributed by atoms with van der Waals surface area (Å²) in [4.78, 5) is 15.1. The number of hydrogen-bond donors (Lipinski definition) is 1. The molecule has 0 aliphatic carbocycles. The first kappa shape index (κ1) is 13.4. The molecule has 0 saturated heterocycles. The lowest BCUT2D eigenvalue weighted by Crippen LogP contribution is -2.24. The van der Waals surface area contributed by atoms with Crippen molar-refractivity contribution < 1.29 is 19.4 Å². The zero-order chi connectivity index (χ0) is 14.8. The summed E-state index contributed by atoms with van der Waals surface area (Å²) < 4.78 is 12.8. The second-order valence-corrected chi connectivity index (χ2v) is 4.70. The van der Waals surface area contributed by atoms with Gasteiger partial charge < -0.3 is 14.6 Å². The molecule has 0 amide bonds. The minimum absolute atomic E-state index is 0.301. The molecular formula is C14H15N3O4. The molecule has 0 radical (unpaired) electrons. The van der Waals surface area contributed by atoms with Crippen LogP contribution in [0.25, 0.3) is 0 Å². The smallest absolute Gasteiger partial charge is 0.345 e. The van der Waals surface area contributed by atoms with Crippen LogP contribution in [0.3, 0.4) is 0 Å². The van der Waals surface area contributed by atoms with Gasteiger partial charge in [-0.1, -0.05) is 6.07 Å². The summed E-state index contributed by atoms with van der Waals surface area (Å²) in [5.74, 6) is 0.967. The fourth-order valence-corrected chi connectivity index (χ4v) is 2.25. The molecule has 7 heteroatoms. The van der Waals surface area contributed by atoms with Crippen molar-refractivity contribution in [2.24, 2.45) is 0 Å². The molecule has 2 heterocycles. The summed E-state index contributed by atoms with van der Waals surface area (Å²) in [6, 6.07) is 5.35. The van der Waals surface area contributed by atoms with E-state index in [0.717, 1.165) is 17.9 Å². The molecule has 0 spiro atoms. The molecule has 0 bridgehead atoms. The van der Waals surface area contributed by atoms with Crippen molar-refractivity contribution >= 4 is 5.97 Å². The van der Waals surface area contributed by atoms with Crippen LogP contribution in [-0.2, 0) is 24.4 Å². The van der Waals surface area contributed by atoms with Crippen LogP contribution < -0.4 is 9.47 Å². The minimum atomic E-state index is -0.954. The van der Waals surface area contributed by atoms with E-state index in [2.05, 4.69) is 10.1 Å². The van der Waals surface area contributed by atoms with Crippen LogP contribution in [0.2, 0.25) is 0 Å². The quantitative estimate of drug-likeness (QED) is 0.892. The summed E-state index contributed by atoms with van der Waals surface area (Å²) in [6.45, 7) is 3.01. The van der Waals surface area contributed by atoms with Gasteiger partial charge in [0, 0.05) is 19.0 Å². The fraction of sp³-hybridized carbons (Fsp3) is 0.357. The van der Waals surface area contributed by atoms with Gasteiger partial charge in [-0.15, -0.1) is 0 Å². The standard InChI is InChI=1S/C14H15N3O4/c1-2-17-13(15-8-16-17)7-20-10-4-3-9-5-12(14(18)19)21-11(9)6-10/h3-4,6,8,12H,2,5,7H2,1H3,(H,18,19). The number of hydrogen-bond acceptors (Lipinski definition) is 5. The zero-order valence-corrected chi connectivity index (χ0v) is 11.5. The van der Waals surface area contributed by atoms with Gasteiger partial charge in [-0.05, 0) is 18.6 Å². The third-order valence-electron chi connectivity index (χ3n) is 3.35. The summed E-state index contributed by atoms with van der Waals surface area (Å²) >= 11 is 0. The van der Waals surface area contributed by atoms with Crippen molar-refractivity contribution in [3.63, 3.8) is 0 Å². The van der Waals surface area contributed by atoms with Crippen LogP contribution >= 0.6 is 0 Å². The third kappa shape index (κ3) is 2.67. The van der Waals surface area contributed by atoms with E-state index in [4.69, 9.17) is 14.6 Å². The topological polar surface area (TPSA) is 86.5 Å². The molecule has 3 rings (SSSR count). The van der Waals surface area contributed by atoms with Gasteiger partial charge in [0.25, 0.3) is 0 Å². The number of rotatable bonds is 5. The Morgan fingerprint density at radius 2 is 2.43 bits per heavy atom. The lowest BCUT2D eigenvalue weighted by molar-refractivity contribution is -0.144. The molecule has 1 atom stereocenters. The van der Waals surface area contributed by atoms with E-state index in [0.29, 0.717) is 24.5 Å². The fourth-order valence-electron chi connectivity index (χ4n) is 2.25. The first-order chi connectivity index (χ1) is 10.2. The molecule has 2 aromatic rings. The van der Waals surface area contributed by atoms with Gasteiger partial charge in [0.2, 0.25) is 0 Å². The van der Waals surface area contributed by atoms with Crippen LogP contribution in [0.5, 0.6) is 11.5 Å². The maximum absolute atomic E-state index is 10.9. The lowest BCUT2D eigenvalue weighted by atomic mass is 10.1. The number of benzene rings is 1. The van der Waals surface area contributed by atoms with E-state index in [-0.39, 0.29) is 0 Å². The third-order valence-corrected chi connectivity index (χ3v) is 3.35. The number of aliphatic carboxylic acids is 1. The number of aryl methyl sites for hydroxylation is 1. The second-order valence-electron chi connectivity index (χ2n) is 4.70. The maximum Gasteiger partial charge on any atom is 0.345 e. The van der Waals surface area contributed by atoms with E-state index in [1.807, 2.05) is 13.0 Å². The Bertz CT molecular complexity index is 668. The predicted octanol–water partition coefficient (Wildman–Crippen LogP) is 1.27. The Hall–Kier alpha value is -2.57. The zero-order valence-electron chi connectivity index (χ0n) is 11.5. The predicted molar refractivity (Wildman–Crippen MR) is 72.2 cm³/mol. The van der Waals surface area contributed by atoms with Gasteiger partial charge in [0.1, 0.15) is 24.4 Å². The minimum Gasteiger partial charge on any atom is -0.485 e. The SMILES string of the molecule is CCn1ncnc1COc1ccc2c(c1)OC(C(=O)O)C2. The summed E-state index contributed by atoms with van der Waals surface area (Å²) in [7, 11) is 0. The van der Waals surface area contributed by atoms with E-state index >= 15 is 0 Å². The Balaban J connectivity index is 1.69. The number of carboxylic acid groups (broad SMARTS) is 1. The number of fused-ring (bicyclic) bond motifs is 1. The van der Waals surface area contributed by atoms with E-state index in [1.165, 1.54) is 6.33 Å². The molecule has 0 saturated carbocycles. The maximum atomic E-state index is 10.9. The van der Waals surface area contributed by atoms with Gasteiger partial charge in [-0.2, -0.15) is 5.10 Å². The van der Waals surface area contributed by atoms with Crippen molar-refractivity contribution in [1.82, 2.24) is 14.8 Å². The molecule has 1 aliphatic heterocycles. The second kappa shape index (κ2) is 5.43. The Morgan fingerprint density at radius 1 is 1.57 bits per heavy atom. The Kier molecular flexibility index (Phi) is 3.47. The highest BCUT2D eigenvalue weighted by molar-refractivity contribution is 5.74. The molecule has 1 N–H and O–H groups in total. The number of ether oxygens (including phenoxy) is 2. The first-order valence-corrected chi connectivity index (χ1v) is 6.69. The van der Waals surface area contributed by atoms with E-state index in [9.17, 15) is 4.79 Å². The van der Waals surface area contributed by atoms with Crippen LogP contribution in [0.15, 0.2) is 24.5 Å². The van der Waals surface area contributed by atoms with Crippen LogP contribution in [-0.4, -0.2) is 31.9 Å².